The molecular weight excluding hydrogens is 308 g/mol. The Kier molecular flexibility index (Phi) is 5.00. The third kappa shape index (κ3) is 3.81. The monoisotopic (exact) mass is 330 g/mol. The molecule has 0 saturated heterocycles. The van der Waals surface area contributed by atoms with Crippen LogP contribution in [-0.4, -0.2) is 29.0 Å². The molecule has 0 aliphatic heterocycles. The lowest BCUT2D eigenvalue weighted by Crippen LogP contribution is -2.48. The molecule has 118 valence electrons. The average Bonchev–Trinajstić information content (AvgIpc) is 2.78. The molecule has 0 bridgehead atoms. The van der Waals surface area contributed by atoms with Gasteiger partial charge >= 0.3 is 0 Å². The van der Waals surface area contributed by atoms with Crippen LogP contribution in [0.3, 0.4) is 0 Å². The van der Waals surface area contributed by atoms with Gasteiger partial charge in [0.1, 0.15) is 5.82 Å². The van der Waals surface area contributed by atoms with Gasteiger partial charge in [-0.15, -0.1) is 0 Å². The second kappa shape index (κ2) is 6.41. The number of hydrogen-bond donors (Lipinski definition) is 2. The first-order valence-corrected chi connectivity index (χ1v) is 9.02. The predicted molar refractivity (Wildman–Crippen MR) is 85.4 cm³/mol. The van der Waals surface area contributed by atoms with Gasteiger partial charge in [-0.2, -0.15) is 4.72 Å². The molecule has 0 spiro atoms. The van der Waals surface area contributed by atoms with E-state index in [0.29, 0.717) is 5.82 Å². The maximum absolute atomic E-state index is 12.5. The Morgan fingerprint density at radius 3 is 2.57 bits per heavy atom. The molecule has 1 saturated carbocycles. The van der Waals surface area contributed by atoms with Crippen LogP contribution in [0.4, 0.5) is 0 Å². The second-order valence-electron chi connectivity index (χ2n) is 5.64. The first-order valence-electron chi connectivity index (χ1n) is 7.13. The van der Waals surface area contributed by atoms with E-state index in [1.54, 1.807) is 18.5 Å². The van der Waals surface area contributed by atoms with Gasteiger partial charge < -0.3 is 10.3 Å². The third-order valence-electron chi connectivity index (χ3n) is 4.07. The van der Waals surface area contributed by atoms with E-state index in [1.807, 2.05) is 0 Å². The number of aromatic nitrogens is 2. The molecule has 1 unspecified atom stereocenters. The van der Waals surface area contributed by atoms with Crippen LogP contribution >= 0.6 is 12.2 Å². The number of hydrogen-bond acceptors (Lipinski definition) is 4. The topological polar surface area (TPSA) is 90.0 Å². The molecule has 8 heteroatoms. The van der Waals surface area contributed by atoms with Crippen molar-refractivity contribution in [1.29, 1.82) is 0 Å². The van der Waals surface area contributed by atoms with Crippen molar-refractivity contribution >= 4 is 27.2 Å². The fourth-order valence-corrected chi connectivity index (χ4v) is 4.39. The molecule has 1 aromatic rings. The molecule has 1 atom stereocenters. The van der Waals surface area contributed by atoms with Gasteiger partial charge in [0.2, 0.25) is 0 Å². The second-order valence-corrected chi connectivity index (χ2v) is 7.77. The van der Waals surface area contributed by atoms with Crippen molar-refractivity contribution in [2.75, 3.05) is 0 Å². The zero-order valence-corrected chi connectivity index (χ0v) is 14.0. The molecule has 1 fully saturated rings. The Hall–Kier alpha value is -0.990. The minimum absolute atomic E-state index is 0.0135. The zero-order chi connectivity index (χ0) is 15.6. The van der Waals surface area contributed by atoms with Gasteiger partial charge in [-0.1, -0.05) is 31.5 Å². The summed E-state index contributed by atoms with van der Waals surface area (Å²) < 4.78 is 29.2. The van der Waals surface area contributed by atoms with Crippen molar-refractivity contribution in [3.8, 4) is 0 Å². The third-order valence-corrected chi connectivity index (χ3v) is 5.64. The standard InChI is InChI=1S/C13H22N4O2S2/c1-9-15-11(8-17(9)2)21(18,19)16-12(13(14)20)10-6-4-3-5-7-10/h8,10,12,16H,3-7H2,1-2H3,(H2,14,20). The van der Waals surface area contributed by atoms with Gasteiger partial charge in [-0.05, 0) is 25.7 Å². The zero-order valence-electron chi connectivity index (χ0n) is 12.4. The minimum Gasteiger partial charge on any atom is -0.392 e. The highest BCUT2D eigenvalue weighted by atomic mass is 32.2. The fraction of sp³-hybridized carbons (Fsp3) is 0.692. The minimum atomic E-state index is -3.70. The summed E-state index contributed by atoms with van der Waals surface area (Å²) in [4.78, 5) is 4.27. The number of imidazole rings is 1. The molecule has 1 aliphatic carbocycles. The van der Waals surface area contributed by atoms with E-state index in [0.717, 1.165) is 25.7 Å². The molecule has 3 N–H and O–H groups in total. The quantitative estimate of drug-likeness (QED) is 0.793. The van der Waals surface area contributed by atoms with Gasteiger partial charge in [0, 0.05) is 13.2 Å². The number of nitrogens with two attached hydrogens (primary N) is 1. The molecule has 0 amide bonds. The smallest absolute Gasteiger partial charge is 0.260 e. The maximum Gasteiger partial charge on any atom is 0.260 e. The highest BCUT2D eigenvalue weighted by Crippen LogP contribution is 2.27. The lowest BCUT2D eigenvalue weighted by molar-refractivity contribution is 0.330. The summed E-state index contributed by atoms with van der Waals surface area (Å²) in [6.45, 7) is 1.76. The summed E-state index contributed by atoms with van der Waals surface area (Å²) in [5.41, 5.74) is 5.77. The van der Waals surface area contributed by atoms with Crippen LogP contribution in [0.25, 0.3) is 0 Å². The Balaban J connectivity index is 2.20. The molecule has 1 heterocycles. The number of nitrogens with one attached hydrogen (secondary N) is 1. The van der Waals surface area contributed by atoms with Gasteiger partial charge in [-0.3, -0.25) is 0 Å². The van der Waals surface area contributed by atoms with E-state index in [2.05, 4.69) is 9.71 Å². The normalized spacial score (nSPS) is 18.6. The van der Waals surface area contributed by atoms with E-state index < -0.39 is 16.1 Å². The van der Waals surface area contributed by atoms with Crippen molar-refractivity contribution in [3.63, 3.8) is 0 Å². The highest BCUT2D eigenvalue weighted by molar-refractivity contribution is 7.89. The molecule has 0 aromatic carbocycles. The lowest BCUT2D eigenvalue weighted by atomic mass is 9.84. The van der Waals surface area contributed by atoms with Gasteiger partial charge in [0.15, 0.2) is 5.03 Å². The van der Waals surface area contributed by atoms with E-state index in [4.69, 9.17) is 18.0 Å². The average molecular weight is 330 g/mol. The van der Waals surface area contributed by atoms with E-state index in [1.165, 1.54) is 12.6 Å². The van der Waals surface area contributed by atoms with E-state index >= 15 is 0 Å². The van der Waals surface area contributed by atoms with Crippen LogP contribution in [0.2, 0.25) is 0 Å². The Bertz CT molecular complexity index is 599. The summed E-state index contributed by atoms with van der Waals surface area (Å²) >= 11 is 5.07. The van der Waals surface area contributed by atoms with Crippen LogP contribution < -0.4 is 10.5 Å². The summed E-state index contributed by atoms with van der Waals surface area (Å²) in [5.74, 6) is 0.816. The van der Waals surface area contributed by atoms with Crippen LogP contribution in [-0.2, 0) is 17.1 Å². The fourth-order valence-electron chi connectivity index (χ4n) is 2.74. The van der Waals surface area contributed by atoms with E-state index in [9.17, 15) is 8.42 Å². The largest absolute Gasteiger partial charge is 0.392 e. The number of sulfonamides is 1. The van der Waals surface area contributed by atoms with Crippen molar-refractivity contribution in [2.45, 2.75) is 50.1 Å². The first kappa shape index (κ1) is 16.4. The van der Waals surface area contributed by atoms with Crippen LogP contribution in [0, 0.1) is 12.8 Å². The van der Waals surface area contributed by atoms with E-state index in [-0.39, 0.29) is 15.9 Å². The van der Waals surface area contributed by atoms with Crippen LogP contribution in [0.5, 0.6) is 0 Å². The number of nitrogens with zero attached hydrogens (tertiary/aromatic N) is 2. The predicted octanol–water partition coefficient (Wildman–Crippen LogP) is 1.24. The number of aryl methyl sites for hydroxylation is 2. The highest BCUT2D eigenvalue weighted by Gasteiger charge is 2.31. The molecule has 1 aliphatic rings. The summed E-state index contributed by atoms with van der Waals surface area (Å²) in [5, 5.41) is 0.0135. The molecule has 2 rings (SSSR count). The number of thiocarbonyl (C=S) groups is 1. The summed E-state index contributed by atoms with van der Waals surface area (Å²) in [6, 6.07) is -0.493. The maximum atomic E-state index is 12.5. The molecular formula is C13H22N4O2S2. The Morgan fingerprint density at radius 2 is 2.10 bits per heavy atom. The first-order chi connectivity index (χ1) is 9.81. The molecule has 1 aromatic heterocycles. The molecule has 0 radical (unpaired) electrons. The van der Waals surface area contributed by atoms with Gasteiger partial charge in [0.25, 0.3) is 10.0 Å². The van der Waals surface area contributed by atoms with Crippen molar-refractivity contribution < 1.29 is 8.42 Å². The van der Waals surface area contributed by atoms with Crippen LogP contribution in [0.15, 0.2) is 11.2 Å². The molecule has 21 heavy (non-hydrogen) atoms. The Labute approximate surface area is 131 Å². The van der Waals surface area contributed by atoms with Crippen molar-refractivity contribution in [2.24, 2.45) is 18.7 Å². The van der Waals surface area contributed by atoms with Gasteiger partial charge in [0.05, 0.1) is 11.0 Å². The van der Waals surface area contributed by atoms with Crippen LogP contribution in [0.1, 0.15) is 37.9 Å². The van der Waals surface area contributed by atoms with Crippen molar-refractivity contribution in [3.05, 3.63) is 12.0 Å². The summed E-state index contributed by atoms with van der Waals surface area (Å²) in [6.07, 6.45) is 6.77. The van der Waals surface area contributed by atoms with Gasteiger partial charge in [-0.25, -0.2) is 13.4 Å². The summed E-state index contributed by atoms with van der Waals surface area (Å²) in [7, 11) is -1.95. The van der Waals surface area contributed by atoms with Crippen molar-refractivity contribution in [1.82, 2.24) is 14.3 Å². The lowest BCUT2D eigenvalue weighted by Gasteiger charge is -2.29. The SMILES string of the molecule is Cc1nc(S(=O)(=O)NC(C(N)=S)C2CCCCC2)cn1C. The number of rotatable bonds is 5. The molecule has 6 nitrogen and oxygen atoms in total. The Morgan fingerprint density at radius 1 is 1.48 bits per heavy atom.